The summed E-state index contributed by atoms with van der Waals surface area (Å²) in [5.41, 5.74) is 0.558. The number of ether oxygens (including phenoxy) is 1. The number of hydrogen-bond donors (Lipinski definition) is 1. The Kier molecular flexibility index (Phi) is 3.36. The van der Waals surface area contributed by atoms with Crippen LogP contribution in [-0.4, -0.2) is 25.3 Å². The van der Waals surface area contributed by atoms with Gasteiger partial charge in [-0.25, -0.2) is 0 Å². The van der Waals surface area contributed by atoms with E-state index >= 15 is 0 Å². The molecule has 2 atom stereocenters. The summed E-state index contributed by atoms with van der Waals surface area (Å²) in [6, 6.07) is 0. The summed E-state index contributed by atoms with van der Waals surface area (Å²) in [6.07, 6.45) is 6.22. The van der Waals surface area contributed by atoms with E-state index < -0.39 is 0 Å². The molecular formula is C13H25NO. The highest BCUT2D eigenvalue weighted by Crippen LogP contribution is 2.39. The molecule has 0 aromatic rings. The van der Waals surface area contributed by atoms with Crippen molar-refractivity contribution in [2.24, 2.45) is 11.3 Å². The van der Waals surface area contributed by atoms with E-state index in [2.05, 4.69) is 26.1 Å². The molecule has 2 heteroatoms. The van der Waals surface area contributed by atoms with Crippen molar-refractivity contribution in [1.82, 2.24) is 5.32 Å². The topological polar surface area (TPSA) is 21.3 Å². The molecule has 0 saturated carbocycles. The monoisotopic (exact) mass is 211 g/mol. The predicted octanol–water partition coefficient (Wildman–Crippen LogP) is 2.58. The Morgan fingerprint density at radius 2 is 2.07 bits per heavy atom. The number of rotatable bonds is 4. The maximum atomic E-state index is 5.95. The fourth-order valence-corrected chi connectivity index (χ4v) is 3.23. The Hall–Kier alpha value is -0.0800. The summed E-state index contributed by atoms with van der Waals surface area (Å²) in [5, 5.41) is 3.44. The fourth-order valence-electron chi connectivity index (χ4n) is 3.23. The molecule has 2 heterocycles. The zero-order chi connectivity index (χ0) is 10.9. The van der Waals surface area contributed by atoms with E-state index in [1.54, 1.807) is 0 Å². The third kappa shape index (κ3) is 2.73. The molecule has 0 aromatic heterocycles. The molecule has 0 aliphatic carbocycles. The molecule has 0 radical (unpaired) electrons. The summed E-state index contributed by atoms with van der Waals surface area (Å²) in [6.45, 7) is 9.28. The van der Waals surface area contributed by atoms with Gasteiger partial charge in [-0.15, -0.1) is 0 Å². The van der Waals surface area contributed by atoms with Crippen LogP contribution < -0.4 is 5.32 Å². The summed E-state index contributed by atoms with van der Waals surface area (Å²) < 4.78 is 5.95. The lowest BCUT2D eigenvalue weighted by Gasteiger charge is -2.45. The van der Waals surface area contributed by atoms with Crippen LogP contribution >= 0.6 is 0 Å². The zero-order valence-corrected chi connectivity index (χ0v) is 10.4. The molecular weight excluding hydrogens is 186 g/mol. The lowest BCUT2D eigenvalue weighted by molar-refractivity contribution is -0.00210. The van der Waals surface area contributed by atoms with E-state index in [0.29, 0.717) is 17.6 Å². The molecule has 0 amide bonds. The zero-order valence-electron chi connectivity index (χ0n) is 10.4. The highest BCUT2D eigenvalue weighted by molar-refractivity contribution is 4.95. The third-order valence-electron chi connectivity index (χ3n) is 3.82. The molecule has 2 aliphatic rings. The van der Waals surface area contributed by atoms with Crippen molar-refractivity contribution >= 4 is 0 Å². The van der Waals surface area contributed by atoms with Crippen LogP contribution in [0.1, 0.15) is 46.5 Å². The summed E-state index contributed by atoms with van der Waals surface area (Å²) in [4.78, 5) is 0. The van der Waals surface area contributed by atoms with Gasteiger partial charge in [0, 0.05) is 13.1 Å². The SMILES string of the molecule is CC(C)CC1(CC2CCC(C)O2)CNC1. The van der Waals surface area contributed by atoms with Crippen LogP contribution in [-0.2, 0) is 4.74 Å². The van der Waals surface area contributed by atoms with Gasteiger partial charge in [0.1, 0.15) is 0 Å². The largest absolute Gasteiger partial charge is 0.375 e. The van der Waals surface area contributed by atoms with Crippen molar-refractivity contribution < 1.29 is 4.74 Å². The van der Waals surface area contributed by atoms with Gasteiger partial charge in [-0.3, -0.25) is 0 Å². The molecule has 2 fully saturated rings. The number of hydrogen-bond acceptors (Lipinski definition) is 2. The van der Waals surface area contributed by atoms with Crippen LogP contribution in [0.3, 0.4) is 0 Å². The standard InChI is InChI=1S/C13H25NO/c1-10(2)6-13(8-14-9-13)7-12-5-4-11(3)15-12/h10-12,14H,4-9H2,1-3H3. The normalized spacial score (nSPS) is 34.4. The molecule has 2 aliphatic heterocycles. The maximum Gasteiger partial charge on any atom is 0.0586 e. The quantitative estimate of drug-likeness (QED) is 0.771. The van der Waals surface area contributed by atoms with Crippen LogP contribution in [0.15, 0.2) is 0 Å². The first kappa shape index (κ1) is 11.4. The first-order valence-electron chi connectivity index (χ1n) is 6.46. The smallest absolute Gasteiger partial charge is 0.0586 e. The first-order chi connectivity index (χ1) is 7.10. The molecule has 0 bridgehead atoms. The second kappa shape index (κ2) is 4.42. The molecule has 2 nitrogen and oxygen atoms in total. The molecule has 15 heavy (non-hydrogen) atoms. The van der Waals surface area contributed by atoms with Crippen LogP contribution in [0.25, 0.3) is 0 Å². The minimum absolute atomic E-state index is 0.499. The van der Waals surface area contributed by atoms with Crippen molar-refractivity contribution in [3.05, 3.63) is 0 Å². The Morgan fingerprint density at radius 3 is 2.47 bits per heavy atom. The second-order valence-electron chi connectivity index (χ2n) is 6.05. The van der Waals surface area contributed by atoms with Crippen molar-refractivity contribution in [2.75, 3.05) is 13.1 Å². The van der Waals surface area contributed by atoms with E-state index in [9.17, 15) is 0 Å². The predicted molar refractivity (Wildman–Crippen MR) is 62.9 cm³/mol. The van der Waals surface area contributed by atoms with Crippen LogP contribution in [0.5, 0.6) is 0 Å². The lowest BCUT2D eigenvalue weighted by Crippen LogP contribution is -2.55. The van der Waals surface area contributed by atoms with E-state index in [0.717, 1.165) is 5.92 Å². The van der Waals surface area contributed by atoms with E-state index in [-0.39, 0.29) is 0 Å². The average Bonchev–Trinajstić information content (AvgIpc) is 2.46. The van der Waals surface area contributed by atoms with Crippen LogP contribution in [0.4, 0.5) is 0 Å². The van der Waals surface area contributed by atoms with Crippen molar-refractivity contribution in [2.45, 2.75) is 58.7 Å². The van der Waals surface area contributed by atoms with Crippen LogP contribution in [0.2, 0.25) is 0 Å². The summed E-state index contributed by atoms with van der Waals surface area (Å²) in [7, 11) is 0. The maximum absolute atomic E-state index is 5.95. The van der Waals surface area contributed by atoms with Gasteiger partial charge in [0.2, 0.25) is 0 Å². The van der Waals surface area contributed by atoms with Gasteiger partial charge in [-0.1, -0.05) is 13.8 Å². The summed E-state index contributed by atoms with van der Waals surface area (Å²) in [5.74, 6) is 0.811. The van der Waals surface area contributed by atoms with Crippen molar-refractivity contribution in [3.63, 3.8) is 0 Å². The molecule has 2 rings (SSSR count). The molecule has 2 unspecified atom stereocenters. The third-order valence-corrected chi connectivity index (χ3v) is 3.82. The molecule has 88 valence electrons. The van der Waals surface area contributed by atoms with Gasteiger partial charge >= 0.3 is 0 Å². The highest BCUT2D eigenvalue weighted by Gasteiger charge is 2.40. The number of nitrogens with one attached hydrogen (secondary N) is 1. The lowest BCUT2D eigenvalue weighted by atomic mass is 9.71. The van der Waals surface area contributed by atoms with Gasteiger partial charge in [0.05, 0.1) is 12.2 Å². The molecule has 0 spiro atoms. The van der Waals surface area contributed by atoms with Gasteiger partial charge < -0.3 is 10.1 Å². The minimum atomic E-state index is 0.499. The Labute approximate surface area is 93.8 Å². The Balaban J connectivity index is 1.85. The summed E-state index contributed by atoms with van der Waals surface area (Å²) >= 11 is 0. The average molecular weight is 211 g/mol. The van der Waals surface area contributed by atoms with Crippen molar-refractivity contribution in [1.29, 1.82) is 0 Å². The van der Waals surface area contributed by atoms with Gasteiger partial charge in [-0.05, 0) is 43.9 Å². The Morgan fingerprint density at radius 1 is 1.33 bits per heavy atom. The molecule has 0 aromatic carbocycles. The van der Waals surface area contributed by atoms with E-state index in [1.165, 1.54) is 38.8 Å². The second-order valence-corrected chi connectivity index (χ2v) is 6.05. The Bertz CT molecular complexity index is 211. The van der Waals surface area contributed by atoms with Crippen LogP contribution in [0, 0.1) is 11.3 Å². The first-order valence-corrected chi connectivity index (χ1v) is 6.46. The van der Waals surface area contributed by atoms with E-state index in [4.69, 9.17) is 4.74 Å². The van der Waals surface area contributed by atoms with Gasteiger partial charge in [-0.2, -0.15) is 0 Å². The molecule has 1 N–H and O–H groups in total. The van der Waals surface area contributed by atoms with E-state index in [1.807, 2.05) is 0 Å². The van der Waals surface area contributed by atoms with Gasteiger partial charge in [0.25, 0.3) is 0 Å². The minimum Gasteiger partial charge on any atom is -0.375 e. The highest BCUT2D eigenvalue weighted by atomic mass is 16.5. The van der Waals surface area contributed by atoms with Crippen molar-refractivity contribution in [3.8, 4) is 0 Å². The van der Waals surface area contributed by atoms with Gasteiger partial charge in [0.15, 0.2) is 0 Å². The fraction of sp³-hybridized carbons (Fsp3) is 1.00. The molecule has 2 saturated heterocycles.